The molecule has 2 aromatic rings. The molecule has 2 N–H and O–H groups in total. The average molecular weight is 287 g/mol. The summed E-state index contributed by atoms with van der Waals surface area (Å²) in [5, 5.41) is 0.189. The molecule has 0 fully saturated rings. The third-order valence-electron chi connectivity index (χ3n) is 2.57. The molecule has 0 saturated carbocycles. The van der Waals surface area contributed by atoms with Gasteiger partial charge in [0.1, 0.15) is 11.3 Å². The Morgan fingerprint density at radius 1 is 1.56 bits per heavy atom. The van der Waals surface area contributed by atoms with Crippen LogP contribution in [0.15, 0.2) is 12.4 Å². The van der Waals surface area contributed by atoms with E-state index >= 15 is 0 Å². The Kier molecular flexibility index (Phi) is 3.73. The van der Waals surface area contributed by atoms with Gasteiger partial charge in [0.2, 0.25) is 5.91 Å². The molecule has 0 aliphatic rings. The predicted molar refractivity (Wildman–Crippen MR) is 70.6 cm³/mol. The van der Waals surface area contributed by atoms with Crippen LogP contribution in [-0.4, -0.2) is 20.4 Å². The van der Waals surface area contributed by atoms with Crippen molar-refractivity contribution in [2.24, 2.45) is 5.73 Å². The molecular weight excluding hydrogens is 275 g/mol. The lowest BCUT2D eigenvalue weighted by Gasteiger charge is -2.09. The van der Waals surface area contributed by atoms with E-state index in [-0.39, 0.29) is 17.7 Å². The fourth-order valence-corrected chi connectivity index (χ4v) is 2.24. The number of amides is 1. The molecule has 0 bridgehead atoms. The lowest BCUT2D eigenvalue weighted by molar-refractivity contribution is -0.118. The zero-order valence-corrected chi connectivity index (χ0v) is 11.2. The fraction of sp³-hybridized carbons (Fsp3) is 0.364. The number of aryl methyl sites for hydroxylation is 1. The predicted octanol–water partition coefficient (Wildman–Crippen LogP) is 2.26. The Morgan fingerprint density at radius 2 is 2.28 bits per heavy atom. The minimum Gasteiger partial charge on any atom is -0.370 e. The summed E-state index contributed by atoms with van der Waals surface area (Å²) in [5.74, 6) is 0.276. The van der Waals surface area contributed by atoms with E-state index < -0.39 is 0 Å². The number of halogens is 2. The Labute approximate surface area is 114 Å². The number of hydrogen-bond acceptors (Lipinski definition) is 3. The van der Waals surface area contributed by atoms with Crippen molar-refractivity contribution in [1.29, 1.82) is 0 Å². The van der Waals surface area contributed by atoms with E-state index in [1.807, 2.05) is 11.5 Å². The van der Waals surface area contributed by atoms with Crippen LogP contribution in [0.2, 0.25) is 5.02 Å². The molecule has 1 amide bonds. The first-order chi connectivity index (χ1) is 8.50. The van der Waals surface area contributed by atoms with E-state index in [0.717, 1.165) is 5.52 Å². The first kappa shape index (κ1) is 13.1. The van der Waals surface area contributed by atoms with Crippen molar-refractivity contribution in [2.75, 3.05) is 0 Å². The van der Waals surface area contributed by atoms with Crippen molar-refractivity contribution < 1.29 is 4.79 Å². The van der Waals surface area contributed by atoms with Gasteiger partial charge in [0.15, 0.2) is 0 Å². The van der Waals surface area contributed by atoms with Gasteiger partial charge in [-0.2, -0.15) is 0 Å². The Bertz CT molecular complexity index is 594. The van der Waals surface area contributed by atoms with Crippen LogP contribution in [0.1, 0.15) is 24.5 Å². The van der Waals surface area contributed by atoms with Gasteiger partial charge in [-0.15, -0.1) is 11.6 Å². The molecule has 18 heavy (non-hydrogen) atoms. The first-order valence-corrected chi connectivity index (χ1v) is 6.24. The van der Waals surface area contributed by atoms with Gasteiger partial charge in [-0.05, 0) is 6.92 Å². The van der Waals surface area contributed by atoms with E-state index in [1.165, 1.54) is 6.20 Å². The first-order valence-electron chi connectivity index (χ1n) is 5.42. The highest BCUT2D eigenvalue weighted by Crippen LogP contribution is 2.28. The molecular formula is C11H12Cl2N4O. The van der Waals surface area contributed by atoms with Crippen LogP contribution in [0.3, 0.4) is 0 Å². The molecule has 2 rings (SSSR count). The molecule has 1 atom stereocenters. The van der Waals surface area contributed by atoms with Crippen LogP contribution >= 0.6 is 23.2 Å². The minimum absolute atomic E-state index is 0.209. The van der Waals surface area contributed by atoms with Gasteiger partial charge in [-0.3, -0.25) is 9.78 Å². The maximum Gasteiger partial charge on any atom is 0.219 e. The fourth-order valence-electron chi connectivity index (χ4n) is 1.82. The maximum atomic E-state index is 10.9. The summed E-state index contributed by atoms with van der Waals surface area (Å²) in [6.45, 7) is 2.22. The monoisotopic (exact) mass is 286 g/mol. The van der Waals surface area contributed by atoms with E-state index in [9.17, 15) is 4.79 Å². The third-order valence-corrected chi connectivity index (χ3v) is 3.04. The van der Waals surface area contributed by atoms with Gasteiger partial charge in [0.05, 0.1) is 22.1 Å². The number of fused-ring (bicyclic) bond motifs is 1. The number of carbonyl (C=O) groups is 1. The van der Waals surface area contributed by atoms with Crippen LogP contribution in [0, 0.1) is 0 Å². The SMILES string of the molecule is CC(Cl)c1nc2cncc(Cl)c2n1CCC(N)=O. The van der Waals surface area contributed by atoms with Crippen molar-refractivity contribution in [3.8, 4) is 0 Å². The van der Waals surface area contributed by atoms with Crippen LogP contribution in [0.25, 0.3) is 11.0 Å². The van der Waals surface area contributed by atoms with Gasteiger partial charge in [0.25, 0.3) is 0 Å². The highest BCUT2D eigenvalue weighted by molar-refractivity contribution is 6.34. The minimum atomic E-state index is -0.379. The van der Waals surface area contributed by atoms with E-state index in [2.05, 4.69) is 9.97 Å². The number of nitrogens with two attached hydrogens (primary N) is 1. The number of rotatable bonds is 4. The molecule has 7 heteroatoms. The summed E-state index contributed by atoms with van der Waals surface area (Å²) in [6.07, 6.45) is 3.36. The molecule has 0 aliphatic carbocycles. The van der Waals surface area contributed by atoms with Crippen LogP contribution in [0.4, 0.5) is 0 Å². The number of primary amides is 1. The second-order valence-electron chi connectivity index (χ2n) is 3.94. The third kappa shape index (κ3) is 2.42. The number of pyridine rings is 1. The molecule has 0 aromatic carbocycles. The lowest BCUT2D eigenvalue weighted by atomic mass is 10.3. The van der Waals surface area contributed by atoms with Gasteiger partial charge in [-0.25, -0.2) is 4.98 Å². The Balaban J connectivity index is 2.57. The zero-order valence-electron chi connectivity index (χ0n) is 9.73. The largest absolute Gasteiger partial charge is 0.370 e. The quantitative estimate of drug-likeness (QED) is 0.876. The van der Waals surface area contributed by atoms with E-state index in [1.54, 1.807) is 6.20 Å². The van der Waals surface area contributed by atoms with Crippen molar-refractivity contribution in [3.05, 3.63) is 23.2 Å². The van der Waals surface area contributed by atoms with Gasteiger partial charge < -0.3 is 10.3 Å². The Hall–Kier alpha value is -1.33. The number of aromatic nitrogens is 3. The van der Waals surface area contributed by atoms with Crippen LogP contribution in [-0.2, 0) is 11.3 Å². The summed E-state index contributed by atoms with van der Waals surface area (Å²) in [7, 11) is 0. The van der Waals surface area contributed by atoms with Crippen molar-refractivity contribution in [2.45, 2.75) is 25.3 Å². The second kappa shape index (κ2) is 5.12. The summed E-state index contributed by atoms with van der Waals surface area (Å²) >= 11 is 12.2. The van der Waals surface area contributed by atoms with Gasteiger partial charge in [-0.1, -0.05) is 11.6 Å². The van der Waals surface area contributed by atoms with E-state index in [4.69, 9.17) is 28.9 Å². The zero-order chi connectivity index (χ0) is 13.3. The second-order valence-corrected chi connectivity index (χ2v) is 5.00. The normalized spacial score (nSPS) is 12.8. The maximum absolute atomic E-state index is 10.9. The molecule has 2 aromatic heterocycles. The van der Waals surface area contributed by atoms with E-state index in [0.29, 0.717) is 22.9 Å². The van der Waals surface area contributed by atoms with Gasteiger partial charge in [0, 0.05) is 19.2 Å². The number of imidazole rings is 1. The molecule has 2 heterocycles. The topological polar surface area (TPSA) is 73.8 Å². The highest BCUT2D eigenvalue weighted by atomic mass is 35.5. The molecule has 0 radical (unpaired) electrons. The smallest absolute Gasteiger partial charge is 0.219 e. The number of carbonyl (C=O) groups excluding carboxylic acids is 1. The summed E-state index contributed by atoms with van der Waals surface area (Å²) in [5.41, 5.74) is 6.56. The number of alkyl halides is 1. The number of nitrogens with zero attached hydrogens (tertiary/aromatic N) is 3. The molecule has 0 spiro atoms. The number of hydrogen-bond donors (Lipinski definition) is 1. The summed E-state index contributed by atoms with van der Waals surface area (Å²) < 4.78 is 1.82. The lowest BCUT2D eigenvalue weighted by Crippen LogP contribution is -2.15. The van der Waals surface area contributed by atoms with Crippen molar-refractivity contribution in [1.82, 2.24) is 14.5 Å². The molecule has 5 nitrogen and oxygen atoms in total. The highest BCUT2D eigenvalue weighted by Gasteiger charge is 2.17. The molecule has 0 aliphatic heterocycles. The van der Waals surface area contributed by atoms with Gasteiger partial charge >= 0.3 is 0 Å². The molecule has 96 valence electrons. The summed E-state index contributed by atoms with van der Waals surface area (Å²) in [6, 6.07) is 0. The van der Waals surface area contributed by atoms with Crippen LogP contribution < -0.4 is 5.73 Å². The van der Waals surface area contributed by atoms with Crippen molar-refractivity contribution in [3.63, 3.8) is 0 Å². The molecule has 1 unspecified atom stereocenters. The average Bonchev–Trinajstić information content (AvgIpc) is 2.66. The van der Waals surface area contributed by atoms with Crippen molar-refractivity contribution >= 4 is 40.1 Å². The molecule has 0 saturated heterocycles. The summed E-state index contributed by atoms with van der Waals surface area (Å²) in [4.78, 5) is 19.3. The Morgan fingerprint density at radius 3 is 2.89 bits per heavy atom. The van der Waals surface area contributed by atoms with Crippen LogP contribution in [0.5, 0.6) is 0 Å². The standard InChI is InChI=1S/C11H12Cl2N4O/c1-6(12)11-16-8-5-15-4-7(13)10(8)17(11)3-2-9(14)18/h4-6H,2-3H2,1H3,(H2,14,18).